The van der Waals surface area contributed by atoms with Crippen LogP contribution in [0.5, 0.6) is 0 Å². The number of esters is 1. The molecule has 160 valence electrons. The molecule has 0 atom stereocenters. The average molecular weight is 449 g/mol. The summed E-state index contributed by atoms with van der Waals surface area (Å²) in [5.41, 5.74) is 2.20. The standard InChI is InChI=1S/C24H17ClN2O5/c1-14-4-2-3-5-20(14)26-21(28)13-32-24(31)15-6-11-18-19(12-15)23(30)27(22(18)29)17-9-7-16(25)8-10-17/h2-12H,13H2,1H3,(H,26,28). The van der Waals surface area contributed by atoms with Crippen molar-refractivity contribution in [2.24, 2.45) is 0 Å². The maximum Gasteiger partial charge on any atom is 0.338 e. The quantitative estimate of drug-likeness (QED) is 0.465. The van der Waals surface area contributed by atoms with Crippen LogP contribution in [-0.4, -0.2) is 30.3 Å². The molecule has 4 rings (SSSR count). The van der Waals surface area contributed by atoms with Crippen molar-refractivity contribution < 1.29 is 23.9 Å². The van der Waals surface area contributed by atoms with Crippen molar-refractivity contribution >= 4 is 46.7 Å². The molecule has 3 amide bonds. The largest absolute Gasteiger partial charge is 0.452 e. The number of nitrogens with one attached hydrogen (secondary N) is 1. The summed E-state index contributed by atoms with van der Waals surface area (Å²) in [6, 6.07) is 17.6. The minimum absolute atomic E-state index is 0.0616. The number of carbonyl (C=O) groups is 4. The Balaban J connectivity index is 1.45. The lowest BCUT2D eigenvalue weighted by Gasteiger charge is -2.13. The second kappa shape index (κ2) is 8.64. The zero-order valence-electron chi connectivity index (χ0n) is 16.9. The number of halogens is 1. The molecule has 0 fully saturated rings. The van der Waals surface area contributed by atoms with Gasteiger partial charge in [0.1, 0.15) is 0 Å². The van der Waals surface area contributed by atoms with Crippen LogP contribution in [0.15, 0.2) is 66.7 Å². The Bertz CT molecular complexity index is 1250. The van der Waals surface area contributed by atoms with Gasteiger partial charge in [-0.3, -0.25) is 14.4 Å². The van der Waals surface area contributed by atoms with E-state index in [1.54, 1.807) is 36.4 Å². The van der Waals surface area contributed by atoms with Crippen LogP contribution < -0.4 is 10.2 Å². The molecule has 1 aliphatic rings. The van der Waals surface area contributed by atoms with Crippen LogP contribution in [-0.2, 0) is 9.53 Å². The lowest BCUT2D eigenvalue weighted by atomic mass is 10.1. The molecule has 3 aromatic carbocycles. The van der Waals surface area contributed by atoms with Crippen molar-refractivity contribution in [1.29, 1.82) is 0 Å². The average Bonchev–Trinajstić information content (AvgIpc) is 3.04. The normalized spacial score (nSPS) is 12.5. The zero-order chi connectivity index (χ0) is 22.8. The summed E-state index contributed by atoms with van der Waals surface area (Å²) in [6.07, 6.45) is 0. The summed E-state index contributed by atoms with van der Waals surface area (Å²) < 4.78 is 5.07. The fourth-order valence-electron chi connectivity index (χ4n) is 3.31. The van der Waals surface area contributed by atoms with Crippen LogP contribution in [0.1, 0.15) is 36.6 Å². The molecular formula is C24H17ClN2O5. The van der Waals surface area contributed by atoms with Gasteiger partial charge in [-0.05, 0) is 61.0 Å². The summed E-state index contributed by atoms with van der Waals surface area (Å²) in [5, 5.41) is 3.14. The number of amides is 3. The smallest absolute Gasteiger partial charge is 0.338 e. The Kier molecular flexibility index (Phi) is 5.75. The number of rotatable bonds is 5. The van der Waals surface area contributed by atoms with Gasteiger partial charge in [0.15, 0.2) is 6.61 Å². The molecule has 1 aliphatic heterocycles. The van der Waals surface area contributed by atoms with Crippen LogP contribution in [0.25, 0.3) is 0 Å². The highest BCUT2D eigenvalue weighted by atomic mass is 35.5. The molecule has 1 N–H and O–H groups in total. The van der Waals surface area contributed by atoms with E-state index in [4.69, 9.17) is 16.3 Å². The molecule has 0 aliphatic carbocycles. The van der Waals surface area contributed by atoms with Gasteiger partial charge in [-0.2, -0.15) is 0 Å². The second-order valence-corrected chi connectivity index (χ2v) is 7.56. The maximum atomic E-state index is 12.8. The number of fused-ring (bicyclic) bond motifs is 1. The number of hydrogen-bond acceptors (Lipinski definition) is 5. The van der Waals surface area contributed by atoms with Gasteiger partial charge in [-0.25, -0.2) is 9.69 Å². The molecule has 0 bridgehead atoms. The Morgan fingerprint density at radius 3 is 2.34 bits per heavy atom. The van der Waals surface area contributed by atoms with Gasteiger partial charge in [-0.15, -0.1) is 0 Å². The number of aryl methyl sites for hydroxylation is 1. The van der Waals surface area contributed by atoms with E-state index in [9.17, 15) is 19.2 Å². The SMILES string of the molecule is Cc1ccccc1NC(=O)COC(=O)c1ccc2c(c1)C(=O)N(c1ccc(Cl)cc1)C2=O. The zero-order valence-corrected chi connectivity index (χ0v) is 17.7. The molecule has 0 spiro atoms. The van der Waals surface area contributed by atoms with E-state index in [2.05, 4.69) is 5.32 Å². The molecule has 3 aromatic rings. The number of anilines is 2. The molecule has 0 aromatic heterocycles. The summed E-state index contributed by atoms with van der Waals surface area (Å²) >= 11 is 5.87. The fraction of sp³-hybridized carbons (Fsp3) is 0.0833. The van der Waals surface area contributed by atoms with Crippen LogP contribution in [0.2, 0.25) is 5.02 Å². The van der Waals surface area contributed by atoms with Gasteiger partial charge >= 0.3 is 5.97 Å². The van der Waals surface area contributed by atoms with E-state index in [0.717, 1.165) is 10.5 Å². The Labute approximate surface area is 188 Å². The van der Waals surface area contributed by atoms with Gasteiger partial charge in [0.25, 0.3) is 17.7 Å². The molecule has 7 nitrogen and oxygen atoms in total. The van der Waals surface area contributed by atoms with Crippen molar-refractivity contribution in [3.05, 3.63) is 94.0 Å². The number of benzene rings is 3. The highest BCUT2D eigenvalue weighted by Crippen LogP contribution is 2.30. The number of para-hydroxylation sites is 1. The Morgan fingerprint density at radius 2 is 1.62 bits per heavy atom. The number of carbonyl (C=O) groups excluding carboxylic acids is 4. The monoisotopic (exact) mass is 448 g/mol. The fourth-order valence-corrected chi connectivity index (χ4v) is 3.43. The summed E-state index contributed by atoms with van der Waals surface area (Å²) in [4.78, 5) is 51.1. The first-order chi connectivity index (χ1) is 15.3. The number of ether oxygens (including phenoxy) is 1. The third kappa shape index (κ3) is 4.10. The van der Waals surface area contributed by atoms with Crippen molar-refractivity contribution in [1.82, 2.24) is 0 Å². The highest BCUT2D eigenvalue weighted by molar-refractivity contribution is 6.35. The summed E-state index contributed by atoms with van der Waals surface area (Å²) in [7, 11) is 0. The number of imide groups is 1. The summed E-state index contributed by atoms with van der Waals surface area (Å²) in [5.74, 6) is -2.32. The first-order valence-corrected chi connectivity index (χ1v) is 10.0. The van der Waals surface area contributed by atoms with E-state index in [1.807, 2.05) is 19.1 Å². The lowest BCUT2D eigenvalue weighted by Crippen LogP contribution is -2.29. The maximum absolute atomic E-state index is 12.8. The van der Waals surface area contributed by atoms with Crippen LogP contribution in [0, 0.1) is 6.92 Å². The van der Waals surface area contributed by atoms with Crippen molar-refractivity contribution in [2.45, 2.75) is 6.92 Å². The molecule has 1 heterocycles. The first-order valence-electron chi connectivity index (χ1n) is 9.66. The molecule has 32 heavy (non-hydrogen) atoms. The number of hydrogen-bond donors (Lipinski definition) is 1. The lowest BCUT2D eigenvalue weighted by molar-refractivity contribution is -0.119. The minimum atomic E-state index is -0.780. The predicted octanol–water partition coefficient (Wildman–Crippen LogP) is 4.24. The molecule has 0 unspecified atom stereocenters. The molecule has 0 saturated heterocycles. The Hall–Kier alpha value is -3.97. The van der Waals surface area contributed by atoms with Crippen LogP contribution in [0.3, 0.4) is 0 Å². The van der Waals surface area contributed by atoms with Crippen LogP contribution in [0.4, 0.5) is 11.4 Å². The van der Waals surface area contributed by atoms with E-state index in [1.165, 1.54) is 18.2 Å². The molecular weight excluding hydrogens is 432 g/mol. The number of nitrogens with zero attached hydrogens (tertiary/aromatic N) is 1. The van der Waals surface area contributed by atoms with Gasteiger partial charge < -0.3 is 10.1 Å². The van der Waals surface area contributed by atoms with E-state index < -0.39 is 30.3 Å². The van der Waals surface area contributed by atoms with E-state index in [-0.39, 0.29) is 16.7 Å². The predicted molar refractivity (Wildman–Crippen MR) is 119 cm³/mol. The van der Waals surface area contributed by atoms with Gasteiger partial charge in [-0.1, -0.05) is 29.8 Å². The highest BCUT2D eigenvalue weighted by Gasteiger charge is 2.37. The van der Waals surface area contributed by atoms with Crippen molar-refractivity contribution in [2.75, 3.05) is 16.8 Å². The summed E-state index contributed by atoms with van der Waals surface area (Å²) in [6.45, 7) is 1.35. The molecule has 8 heteroatoms. The third-order valence-electron chi connectivity index (χ3n) is 4.96. The first kappa shape index (κ1) is 21.3. The van der Waals surface area contributed by atoms with E-state index >= 15 is 0 Å². The molecule has 0 radical (unpaired) electrons. The topological polar surface area (TPSA) is 92.8 Å². The van der Waals surface area contributed by atoms with Gasteiger partial charge in [0, 0.05) is 10.7 Å². The second-order valence-electron chi connectivity index (χ2n) is 7.12. The van der Waals surface area contributed by atoms with Crippen molar-refractivity contribution in [3.8, 4) is 0 Å². The molecule has 0 saturated carbocycles. The van der Waals surface area contributed by atoms with Gasteiger partial charge in [0.05, 0.1) is 22.4 Å². The third-order valence-corrected chi connectivity index (χ3v) is 5.21. The minimum Gasteiger partial charge on any atom is -0.452 e. The van der Waals surface area contributed by atoms with E-state index in [0.29, 0.717) is 16.4 Å². The van der Waals surface area contributed by atoms with Crippen molar-refractivity contribution in [3.63, 3.8) is 0 Å². The van der Waals surface area contributed by atoms with Crippen LogP contribution >= 0.6 is 11.6 Å². The van der Waals surface area contributed by atoms with Gasteiger partial charge in [0.2, 0.25) is 0 Å². The Morgan fingerprint density at radius 1 is 0.938 bits per heavy atom.